The number of carbonyl (C=O) groups is 2. The fourth-order valence-electron chi connectivity index (χ4n) is 3.26. The van der Waals surface area contributed by atoms with E-state index in [-0.39, 0.29) is 18.4 Å². The maximum atomic E-state index is 12.2. The van der Waals surface area contributed by atoms with Crippen molar-refractivity contribution in [2.24, 2.45) is 0 Å². The second kappa shape index (κ2) is 10.6. The summed E-state index contributed by atoms with van der Waals surface area (Å²) < 4.78 is 5.35. The molecule has 2 N–H and O–H groups in total. The highest BCUT2D eigenvalue weighted by Crippen LogP contribution is 2.12. The summed E-state index contributed by atoms with van der Waals surface area (Å²) >= 11 is 0. The van der Waals surface area contributed by atoms with Crippen LogP contribution in [0.25, 0.3) is 0 Å². The van der Waals surface area contributed by atoms with Gasteiger partial charge in [-0.15, -0.1) is 0 Å². The van der Waals surface area contributed by atoms with Crippen molar-refractivity contribution in [1.82, 2.24) is 20.7 Å². The van der Waals surface area contributed by atoms with Gasteiger partial charge in [-0.25, -0.2) is 0 Å². The maximum absolute atomic E-state index is 12.2. The van der Waals surface area contributed by atoms with Gasteiger partial charge in [0.1, 0.15) is 5.75 Å². The molecule has 0 radical (unpaired) electrons. The Morgan fingerprint density at radius 1 is 0.897 bits per heavy atom. The van der Waals surface area contributed by atoms with E-state index in [1.807, 2.05) is 13.0 Å². The first-order chi connectivity index (χ1) is 14.1. The van der Waals surface area contributed by atoms with E-state index in [1.165, 1.54) is 5.56 Å². The van der Waals surface area contributed by atoms with Crippen LogP contribution in [0.3, 0.4) is 0 Å². The Morgan fingerprint density at radius 2 is 1.55 bits per heavy atom. The van der Waals surface area contributed by atoms with Crippen LogP contribution in [0.15, 0.2) is 54.6 Å². The third kappa shape index (κ3) is 6.58. The zero-order valence-corrected chi connectivity index (χ0v) is 16.8. The highest BCUT2D eigenvalue weighted by atomic mass is 16.5. The topological polar surface area (TPSA) is 73.9 Å². The Hall–Kier alpha value is -2.90. The molecule has 29 heavy (non-hydrogen) atoms. The lowest BCUT2D eigenvalue weighted by Crippen LogP contribution is -2.51. The minimum Gasteiger partial charge on any atom is -0.494 e. The van der Waals surface area contributed by atoms with Crippen molar-refractivity contribution in [3.8, 4) is 5.75 Å². The van der Waals surface area contributed by atoms with E-state index >= 15 is 0 Å². The molecule has 0 atom stereocenters. The van der Waals surface area contributed by atoms with Crippen LogP contribution in [0.5, 0.6) is 5.75 Å². The summed E-state index contributed by atoms with van der Waals surface area (Å²) in [6, 6.07) is 17.2. The van der Waals surface area contributed by atoms with Crippen molar-refractivity contribution in [2.45, 2.75) is 13.5 Å². The predicted molar refractivity (Wildman–Crippen MR) is 111 cm³/mol. The summed E-state index contributed by atoms with van der Waals surface area (Å²) in [4.78, 5) is 28.8. The van der Waals surface area contributed by atoms with Crippen molar-refractivity contribution in [1.29, 1.82) is 0 Å². The van der Waals surface area contributed by atoms with E-state index in [1.54, 1.807) is 24.3 Å². The molecule has 0 unspecified atom stereocenters. The largest absolute Gasteiger partial charge is 0.494 e. The highest BCUT2D eigenvalue weighted by Gasteiger charge is 2.19. The van der Waals surface area contributed by atoms with Crippen molar-refractivity contribution in [3.05, 3.63) is 65.7 Å². The molecule has 0 spiro atoms. The van der Waals surface area contributed by atoms with Gasteiger partial charge in [-0.2, -0.15) is 0 Å². The van der Waals surface area contributed by atoms with Gasteiger partial charge in [0.25, 0.3) is 11.8 Å². The molecule has 154 valence electrons. The molecule has 0 aromatic heterocycles. The Bertz CT molecular complexity index is 787. The van der Waals surface area contributed by atoms with E-state index in [9.17, 15) is 9.59 Å². The van der Waals surface area contributed by atoms with Gasteiger partial charge in [0.05, 0.1) is 13.2 Å². The summed E-state index contributed by atoms with van der Waals surface area (Å²) in [5.74, 6) is 0.134. The number of amides is 2. The number of rotatable bonds is 7. The van der Waals surface area contributed by atoms with Crippen LogP contribution in [0.4, 0.5) is 0 Å². The molecule has 0 saturated carbocycles. The number of carbonyl (C=O) groups excluding carboxylic acids is 2. The molecule has 0 bridgehead atoms. The molecule has 1 heterocycles. The molecule has 1 aliphatic heterocycles. The summed E-state index contributed by atoms with van der Waals surface area (Å²) in [6.45, 7) is 7.16. The fourth-order valence-corrected chi connectivity index (χ4v) is 3.26. The zero-order chi connectivity index (χ0) is 20.5. The van der Waals surface area contributed by atoms with E-state index in [0.717, 1.165) is 32.7 Å². The van der Waals surface area contributed by atoms with Gasteiger partial charge in [0.15, 0.2) is 0 Å². The molecule has 7 heteroatoms. The summed E-state index contributed by atoms with van der Waals surface area (Å²) in [7, 11) is 0. The van der Waals surface area contributed by atoms with Crippen molar-refractivity contribution in [3.63, 3.8) is 0 Å². The van der Waals surface area contributed by atoms with Crippen molar-refractivity contribution >= 4 is 11.8 Å². The van der Waals surface area contributed by atoms with Crippen LogP contribution in [0.1, 0.15) is 22.8 Å². The third-order valence-corrected chi connectivity index (χ3v) is 4.82. The molecule has 2 aromatic rings. The number of ether oxygens (including phenoxy) is 1. The van der Waals surface area contributed by atoms with E-state index < -0.39 is 0 Å². The van der Waals surface area contributed by atoms with Crippen molar-refractivity contribution in [2.75, 3.05) is 39.3 Å². The van der Waals surface area contributed by atoms with Crippen LogP contribution < -0.4 is 15.6 Å². The van der Waals surface area contributed by atoms with Gasteiger partial charge in [-0.3, -0.25) is 30.2 Å². The number of hydrogen-bond acceptors (Lipinski definition) is 5. The Morgan fingerprint density at radius 3 is 2.21 bits per heavy atom. The SMILES string of the molecule is CCOc1ccc(C(=O)NNC(=O)CN2CCN(Cc3ccccc3)CC2)cc1. The lowest BCUT2D eigenvalue weighted by molar-refractivity contribution is -0.123. The number of nitrogens with zero attached hydrogens (tertiary/aromatic N) is 2. The van der Waals surface area contributed by atoms with Crippen LogP contribution in [-0.2, 0) is 11.3 Å². The smallest absolute Gasteiger partial charge is 0.269 e. The van der Waals surface area contributed by atoms with Crippen molar-refractivity contribution < 1.29 is 14.3 Å². The summed E-state index contributed by atoms with van der Waals surface area (Å²) in [5, 5.41) is 0. The molecule has 1 saturated heterocycles. The Balaban J connectivity index is 1.36. The normalized spacial score (nSPS) is 14.9. The summed E-state index contributed by atoms with van der Waals surface area (Å²) in [6.07, 6.45) is 0. The first-order valence-electron chi connectivity index (χ1n) is 9.94. The van der Waals surface area contributed by atoms with E-state index in [4.69, 9.17) is 4.74 Å². The molecule has 2 aromatic carbocycles. The van der Waals surface area contributed by atoms with Crippen LogP contribution in [-0.4, -0.2) is 60.9 Å². The van der Waals surface area contributed by atoms with E-state index in [0.29, 0.717) is 17.9 Å². The maximum Gasteiger partial charge on any atom is 0.269 e. The highest BCUT2D eigenvalue weighted by molar-refractivity contribution is 5.95. The molecule has 1 aliphatic rings. The Labute approximate surface area is 171 Å². The average molecular weight is 396 g/mol. The lowest BCUT2D eigenvalue weighted by Gasteiger charge is -2.34. The average Bonchev–Trinajstić information content (AvgIpc) is 2.75. The van der Waals surface area contributed by atoms with Crippen LogP contribution >= 0.6 is 0 Å². The summed E-state index contributed by atoms with van der Waals surface area (Å²) in [5.41, 5.74) is 6.72. The molecular weight excluding hydrogens is 368 g/mol. The number of benzene rings is 2. The molecule has 0 aliphatic carbocycles. The van der Waals surface area contributed by atoms with Gasteiger partial charge in [-0.05, 0) is 36.8 Å². The molecule has 1 fully saturated rings. The minimum absolute atomic E-state index is 0.221. The van der Waals surface area contributed by atoms with Gasteiger partial charge < -0.3 is 4.74 Å². The number of piperazine rings is 1. The first-order valence-corrected chi connectivity index (χ1v) is 9.94. The molecule has 3 rings (SSSR count). The molecule has 2 amide bonds. The predicted octanol–water partition coefficient (Wildman–Crippen LogP) is 1.66. The zero-order valence-electron chi connectivity index (χ0n) is 16.8. The number of hydrogen-bond donors (Lipinski definition) is 2. The van der Waals surface area contributed by atoms with Crippen LogP contribution in [0, 0.1) is 0 Å². The monoisotopic (exact) mass is 396 g/mol. The van der Waals surface area contributed by atoms with Crippen LogP contribution in [0.2, 0.25) is 0 Å². The van der Waals surface area contributed by atoms with Gasteiger partial charge in [0.2, 0.25) is 0 Å². The minimum atomic E-state index is -0.353. The second-order valence-corrected chi connectivity index (χ2v) is 7.00. The standard InChI is InChI=1S/C22H28N4O3/c1-2-29-20-10-8-19(9-11-20)22(28)24-23-21(27)17-26-14-12-25(13-15-26)16-18-6-4-3-5-7-18/h3-11H,2,12-17H2,1H3,(H,23,27)(H,24,28). The molecular formula is C22H28N4O3. The van der Waals surface area contributed by atoms with Gasteiger partial charge in [0, 0.05) is 38.3 Å². The fraction of sp³-hybridized carbons (Fsp3) is 0.364. The third-order valence-electron chi connectivity index (χ3n) is 4.82. The Kier molecular flexibility index (Phi) is 7.61. The molecule has 7 nitrogen and oxygen atoms in total. The number of hydrazine groups is 1. The van der Waals surface area contributed by atoms with Gasteiger partial charge in [-0.1, -0.05) is 30.3 Å². The lowest BCUT2D eigenvalue weighted by atomic mass is 10.2. The van der Waals surface area contributed by atoms with Gasteiger partial charge >= 0.3 is 0 Å². The first kappa shape index (κ1) is 20.8. The quantitative estimate of drug-likeness (QED) is 0.697. The van der Waals surface area contributed by atoms with E-state index in [2.05, 4.69) is 44.9 Å². The second-order valence-electron chi connectivity index (χ2n) is 7.00. The number of nitrogens with one attached hydrogen (secondary N) is 2.